The van der Waals surface area contributed by atoms with Crippen LogP contribution in [0.4, 0.5) is 0 Å². The van der Waals surface area contributed by atoms with Crippen molar-refractivity contribution in [3.8, 4) is 5.75 Å². The minimum Gasteiger partial charge on any atom is -0.492 e. The number of hydrogen-bond donors (Lipinski definition) is 0. The Balaban J connectivity index is 1.85. The zero-order valence-electron chi connectivity index (χ0n) is 13.2. The van der Waals surface area contributed by atoms with Crippen molar-refractivity contribution in [1.29, 1.82) is 0 Å². The normalized spacial score (nSPS) is 11.1. The number of hydrogen-bond acceptors (Lipinski definition) is 4. The molecule has 128 valence electrons. The van der Waals surface area contributed by atoms with E-state index in [-0.39, 0.29) is 11.5 Å². The maximum Gasteiger partial charge on any atom is 0.238 e. The van der Waals surface area contributed by atoms with Gasteiger partial charge in [0, 0.05) is 11.5 Å². The molecule has 0 aromatic heterocycles. The zero-order valence-corrected chi connectivity index (χ0v) is 15.6. The summed E-state index contributed by atoms with van der Waals surface area (Å²) in [4.78, 5) is 13.6. The maximum atomic E-state index is 12.2. The zero-order chi connectivity index (χ0) is 17.6. The van der Waals surface area contributed by atoms with E-state index < -0.39 is 21.5 Å². The van der Waals surface area contributed by atoms with E-state index in [0.717, 1.165) is 4.47 Å². The van der Waals surface area contributed by atoms with Gasteiger partial charge in [-0.15, -0.1) is 0 Å². The summed E-state index contributed by atoms with van der Waals surface area (Å²) < 4.78 is 30.9. The van der Waals surface area contributed by atoms with E-state index in [1.807, 2.05) is 24.3 Å². The summed E-state index contributed by atoms with van der Waals surface area (Å²) >= 11 is 3.34. The van der Waals surface area contributed by atoms with E-state index >= 15 is 0 Å². The molecule has 0 heterocycles. The number of likely N-dealkylation sites (N-methyl/N-ethyl adjacent to an activating group) is 1. The lowest BCUT2D eigenvalue weighted by Crippen LogP contribution is -2.35. The Morgan fingerprint density at radius 3 is 2.33 bits per heavy atom. The van der Waals surface area contributed by atoms with E-state index in [2.05, 4.69) is 15.9 Å². The highest BCUT2D eigenvalue weighted by Crippen LogP contribution is 2.16. The average molecular weight is 412 g/mol. The molecule has 5 nitrogen and oxygen atoms in total. The third-order valence-corrected chi connectivity index (χ3v) is 5.50. The molecular formula is C17H18BrNO4S. The topological polar surface area (TPSA) is 63.7 Å². The van der Waals surface area contributed by atoms with Crippen LogP contribution in [0.25, 0.3) is 0 Å². The van der Waals surface area contributed by atoms with Gasteiger partial charge in [-0.3, -0.25) is 4.79 Å². The monoisotopic (exact) mass is 411 g/mol. The third-order valence-electron chi connectivity index (χ3n) is 3.35. The SMILES string of the molecule is CN(CCOc1ccc(Br)cc1)C(=O)CS(=O)(=O)c1ccccc1. The predicted octanol–water partition coefficient (Wildman–Crippen LogP) is 2.76. The largest absolute Gasteiger partial charge is 0.492 e. The second-order valence-electron chi connectivity index (χ2n) is 5.19. The first-order valence-corrected chi connectivity index (χ1v) is 9.73. The molecule has 1 amide bonds. The van der Waals surface area contributed by atoms with Crippen LogP contribution in [0.3, 0.4) is 0 Å². The van der Waals surface area contributed by atoms with Crippen molar-refractivity contribution in [2.24, 2.45) is 0 Å². The summed E-state index contributed by atoms with van der Waals surface area (Å²) in [5.41, 5.74) is 0. The molecule has 0 saturated heterocycles. The van der Waals surface area contributed by atoms with Gasteiger partial charge in [0.2, 0.25) is 5.91 Å². The molecule has 7 heteroatoms. The van der Waals surface area contributed by atoms with Gasteiger partial charge in [0.1, 0.15) is 18.1 Å². The standard InChI is InChI=1S/C17H18BrNO4S/c1-19(11-12-23-15-9-7-14(18)8-10-15)17(20)13-24(21,22)16-5-3-2-4-6-16/h2-10H,11-13H2,1H3. The van der Waals surface area contributed by atoms with Gasteiger partial charge >= 0.3 is 0 Å². The van der Waals surface area contributed by atoms with Crippen molar-refractivity contribution >= 4 is 31.7 Å². The molecule has 0 spiro atoms. The minimum atomic E-state index is -3.62. The summed E-state index contributed by atoms with van der Waals surface area (Å²) in [5, 5.41) is 0. The van der Waals surface area contributed by atoms with Gasteiger partial charge in [0.15, 0.2) is 9.84 Å². The van der Waals surface area contributed by atoms with Crippen LogP contribution in [0.1, 0.15) is 0 Å². The minimum absolute atomic E-state index is 0.151. The fourth-order valence-corrected chi connectivity index (χ4v) is 3.49. The number of ether oxygens (including phenoxy) is 1. The Morgan fingerprint density at radius 1 is 1.08 bits per heavy atom. The van der Waals surface area contributed by atoms with Gasteiger partial charge < -0.3 is 9.64 Å². The molecule has 0 fully saturated rings. The quantitative estimate of drug-likeness (QED) is 0.702. The number of sulfone groups is 1. The first-order valence-electron chi connectivity index (χ1n) is 7.28. The van der Waals surface area contributed by atoms with Gasteiger partial charge in [-0.05, 0) is 36.4 Å². The van der Waals surface area contributed by atoms with E-state index in [0.29, 0.717) is 12.3 Å². The molecular weight excluding hydrogens is 394 g/mol. The van der Waals surface area contributed by atoms with Crippen LogP contribution in [0.15, 0.2) is 64.0 Å². The van der Waals surface area contributed by atoms with Crippen molar-refractivity contribution < 1.29 is 17.9 Å². The lowest BCUT2D eigenvalue weighted by Gasteiger charge is -2.17. The van der Waals surface area contributed by atoms with Crippen molar-refractivity contribution in [3.05, 3.63) is 59.1 Å². The van der Waals surface area contributed by atoms with E-state index in [4.69, 9.17) is 4.74 Å². The van der Waals surface area contributed by atoms with Crippen molar-refractivity contribution in [1.82, 2.24) is 4.90 Å². The van der Waals surface area contributed by atoms with E-state index in [9.17, 15) is 13.2 Å². The number of benzene rings is 2. The summed E-state index contributed by atoms with van der Waals surface area (Å²) in [5.74, 6) is -0.319. The maximum absolute atomic E-state index is 12.2. The average Bonchev–Trinajstić information content (AvgIpc) is 2.57. The number of halogens is 1. The molecule has 0 radical (unpaired) electrons. The van der Waals surface area contributed by atoms with Crippen LogP contribution in [-0.2, 0) is 14.6 Å². The molecule has 2 aromatic rings. The molecule has 24 heavy (non-hydrogen) atoms. The van der Waals surface area contributed by atoms with Crippen LogP contribution in [0.5, 0.6) is 5.75 Å². The highest BCUT2D eigenvalue weighted by atomic mass is 79.9. The Hall–Kier alpha value is -1.86. The van der Waals surface area contributed by atoms with Crippen LogP contribution in [0, 0.1) is 0 Å². The second kappa shape index (κ2) is 8.30. The van der Waals surface area contributed by atoms with Crippen LogP contribution in [-0.4, -0.2) is 45.2 Å². The van der Waals surface area contributed by atoms with Crippen LogP contribution < -0.4 is 4.74 Å². The van der Waals surface area contributed by atoms with Gasteiger partial charge in [0.25, 0.3) is 0 Å². The molecule has 0 aliphatic carbocycles. The highest BCUT2D eigenvalue weighted by molar-refractivity contribution is 9.10. The summed E-state index contributed by atoms with van der Waals surface area (Å²) in [6, 6.07) is 15.3. The fraction of sp³-hybridized carbons (Fsp3) is 0.235. The van der Waals surface area contributed by atoms with Gasteiger partial charge in [-0.25, -0.2) is 8.42 Å². The van der Waals surface area contributed by atoms with Gasteiger partial charge in [0.05, 0.1) is 11.4 Å². The fourth-order valence-electron chi connectivity index (χ4n) is 1.94. The molecule has 0 bridgehead atoms. The summed E-state index contributed by atoms with van der Waals surface area (Å²) in [6.07, 6.45) is 0. The Kier molecular flexibility index (Phi) is 6.39. The number of rotatable bonds is 7. The lowest BCUT2D eigenvalue weighted by atomic mass is 10.3. The molecule has 0 atom stereocenters. The van der Waals surface area contributed by atoms with Gasteiger partial charge in [-0.1, -0.05) is 34.1 Å². The molecule has 2 rings (SSSR count). The van der Waals surface area contributed by atoms with Crippen molar-refractivity contribution in [2.45, 2.75) is 4.90 Å². The number of nitrogens with zero attached hydrogens (tertiary/aromatic N) is 1. The van der Waals surface area contributed by atoms with Crippen LogP contribution >= 0.6 is 15.9 Å². The molecule has 0 N–H and O–H groups in total. The summed E-state index contributed by atoms with van der Waals surface area (Å²) in [6.45, 7) is 0.592. The lowest BCUT2D eigenvalue weighted by molar-refractivity contribution is -0.127. The highest BCUT2D eigenvalue weighted by Gasteiger charge is 2.21. The predicted molar refractivity (Wildman–Crippen MR) is 95.8 cm³/mol. The molecule has 0 saturated carbocycles. The second-order valence-corrected chi connectivity index (χ2v) is 8.10. The van der Waals surface area contributed by atoms with E-state index in [1.54, 1.807) is 25.2 Å². The number of amides is 1. The van der Waals surface area contributed by atoms with Crippen LogP contribution in [0.2, 0.25) is 0 Å². The molecule has 0 unspecified atom stereocenters. The Morgan fingerprint density at radius 2 is 1.71 bits per heavy atom. The Labute approximate surface area is 150 Å². The van der Waals surface area contributed by atoms with Crippen molar-refractivity contribution in [2.75, 3.05) is 26.0 Å². The molecule has 0 aliphatic rings. The van der Waals surface area contributed by atoms with Crippen molar-refractivity contribution in [3.63, 3.8) is 0 Å². The van der Waals surface area contributed by atoms with Gasteiger partial charge in [-0.2, -0.15) is 0 Å². The molecule has 2 aromatic carbocycles. The molecule has 0 aliphatic heterocycles. The van der Waals surface area contributed by atoms with E-state index in [1.165, 1.54) is 17.0 Å². The Bertz CT molecular complexity index is 776. The third kappa shape index (κ3) is 5.35. The number of carbonyl (C=O) groups excluding carboxylic acids is 1. The number of carbonyl (C=O) groups is 1. The first kappa shape index (κ1) is 18.5. The smallest absolute Gasteiger partial charge is 0.238 e. The summed E-state index contributed by atoms with van der Waals surface area (Å²) in [7, 11) is -2.06. The first-order chi connectivity index (χ1) is 11.4.